The van der Waals surface area contributed by atoms with Crippen molar-refractivity contribution in [1.29, 1.82) is 0 Å². The fourth-order valence-electron chi connectivity index (χ4n) is 3.47. The summed E-state index contributed by atoms with van der Waals surface area (Å²) in [4.78, 5) is 13.1. The van der Waals surface area contributed by atoms with Gasteiger partial charge in [0.15, 0.2) is 0 Å². The third-order valence-electron chi connectivity index (χ3n) is 4.80. The van der Waals surface area contributed by atoms with Crippen LogP contribution in [-0.4, -0.2) is 30.8 Å². The zero-order valence-electron chi connectivity index (χ0n) is 18.1. The molecule has 3 aromatic rings. The molecule has 3 rings (SSSR count). The predicted octanol–water partition coefficient (Wildman–Crippen LogP) is 5.15. The van der Waals surface area contributed by atoms with Crippen LogP contribution in [0, 0.1) is 13.8 Å². The Bertz CT molecular complexity index is 1040. The second-order valence-corrected chi connectivity index (χ2v) is 6.80. The Balaban J connectivity index is 1.94. The molecule has 0 fully saturated rings. The number of carbonyl (C=O) groups is 1. The van der Waals surface area contributed by atoms with Crippen molar-refractivity contribution in [2.75, 3.05) is 25.6 Å². The van der Waals surface area contributed by atoms with Crippen LogP contribution in [-0.2, 0) is 0 Å². The average molecular weight is 408 g/mol. The van der Waals surface area contributed by atoms with Crippen LogP contribution in [0.4, 0.5) is 5.69 Å². The number of nitrogens with one attached hydrogen (secondary N) is 1. The highest BCUT2D eigenvalue weighted by molar-refractivity contribution is 6.06. The van der Waals surface area contributed by atoms with Gasteiger partial charge < -0.3 is 24.1 Å². The summed E-state index contributed by atoms with van der Waals surface area (Å²) in [6, 6.07) is 15.1. The van der Waals surface area contributed by atoms with E-state index in [1.165, 1.54) is 0 Å². The molecule has 0 spiro atoms. The number of amides is 1. The molecule has 6 heteroatoms. The lowest BCUT2D eigenvalue weighted by molar-refractivity contribution is 0.102. The number of benzene rings is 2. The van der Waals surface area contributed by atoms with Gasteiger partial charge in [0.1, 0.15) is 17.2 Å². The summed E-state index contributed by atoms with van der Waals surface area (Å²) in [7, 11) is 1.64. The first-order chi connectivity index (χ1) is 14.5. The number of methoxy groups -OCH3 is 1. The van der Waals surface area contributed by atoms with Crippen molar-refractivity contribution in [1.82, 2.24) is 4.57 Å². The Hall–Kier alpha value is -3.41. The first-order valence-electron chi connectivity index (χ1n) is 10.0. The van der Waals surface area contributed by atoms with Crippen molar-refractivity contribution in [3.05, 3.63) is 65.5 Å². The quantitative estimate of drug-likeness (QED) is 0.560. The van der Waals surface area contributed by atoms with Gasteiger partial charge in [-0.05, 0) is 58.0 Å². The van der Waals surface area contributed by atoms with E-state index in [9.17, 15) is 4.79 Å². The average Bonchev–Trinajstić information content (AvgIpc) is 3.04. The summed E-state index contributed by atoms with van der Waals surface area (Å²) >= 11 is 0. The van der Waals surface area contributed by atoms with E-state index in [1.807, 2.05) is 74.7 Å². The van der Waals surface area contributed by atoms with Crippen molar-refractivity contribution < 1.29 is 19.0 Å². The molecule has 0 radical (unpaired) electrons. The Morgan fingerprint density at radius 2 is 1.73 bits per heavy atom. The second kappa shape index (κ2) is 9.39. The molecule has 0 unspecified atom stereocenters. The van der Waals surface area contributed by atoms with Crippen LogP contribution in [0.3, 0.4) is 0 Å². The molecule has 0 bridgehead atoms. The standard InChI is InChI=1S/C24H28N2O4/c1-6-29-20-11-12-23(30-7-2)22(15-20)25-24(27)21-13-16(3)26(17(21)4)18-9-8-10-19(14-18)28-5/h8-15H,6-7H2,1-5H3,(H,25,27). The van der Waals surface area contributed by atoms with Gasteiger partial charge in [-0.15, -0.1) is 0 Å². The fraction of sp³-hybridized carbons (Fsp3) is 0.292. The number of rotatable bonds is 8. The molecule has 1 N–H and O–H groups in total. The number of anilines is 1. The molecule has 1 aromatic heterocycles. The molecule has 1 amide bonds. The number of aromatic nitrogens is 1. The number of carbonyl (C=O) groups excluding carboxylic acids is 1. The monoisotopic (exact) mass is 408 g/mol. The third kappa shape index (κ3) is 4.43. The van der Waals surface area contributed by atoms with Crippen LogP contribution >= 0.6 is 0 Å². The number of aryl methyl sites for hydroxylation is 1. The third-order valence-corrected chi connectivity index (χ3v) is 4.80. The molecular formula is C24H28N2O4. The van der Waals surface area contributed by atoms with E-state index in [2.05, 4.69) is 5.32 Å². The van der Waals surface area contributed by atoms with Gasteiger partial charge in [0, 0.05) is 29.2 Å². The fourth-order valence-corrected chi connectivity index (χ4v) is 3.47. The molecule has 0 saturated carbocycles. The minimum absolute atomic E-state index is 0.202. The Kier molecular flexibility index (Phi) is 6.67. The molecule has 158 valence electrons. The largest absolute Gasteiger partial charge is 0.497 e. The Morgan fingerprint density at radius 1 is 0.967 bits per heavy atom. The van der Waals surface area contributed by atoms with Crippen LogP contribution in [0.25, 0.3) is 5.69 Å². The second-order valence-electron chi connectivity index (χ2n) is 6.80. The minimum Gasteiger partial charge on any atom is -0.497 e. The lowest BCUT2D eigenvalue weighted by Gasteiger charge is -2.14. The van der Waals surface area contributed by atoms with E-state index in [0.29, 0.717) is 36.0 Å². The normalized spacial score (nSPS) is 10.6. The number of nitrogens with zero attached hydrogens (tertiary/aromatic N) is 1. The topological polar surface area (TPSA) is 61.7 Å². The zero-order chi connectivity index (χ0) is 21.7. The van der Waals surface area contributed by atoms with Crippen molar-refractivity contribution in [3.63, 3.8) is 0 Å². The van der Waals surface area contributed by atoms with Crippen LogP contribution in [0.5, 0.6) is 17.2 Å². The van der Waals surface area contributed by atoms with Crippen molar-refractivity contribution in [3.8, 4) is 22.9 Å². The molecule has 0 aliphatic heterocycles. The van der Waals surface area contributed by atoms with E-state index in [1.54, 1.807) is 13.2 Å². The highest BCUT2D eigenvalue weighted by Crippen LogP contribution is 2.31. The molecule has 0 atom stereocenters. The van der Waals surface area contributed by atoms with E-state index in [-0.39, 0.29) is 5.91 Å². The van der Waals surface area contributed by atoms with Gasteiger partial charge in [-0.25, -0.2) is 0 Å². The van der Waals surface area contributed by atoms with E-state index in [0.717, 1.165) is 22.8 Å². The summed E-state index contributed by atoms with van der Waals surface area (Å²) in [6.45, 7) is 8.78. The molecule has 30 heavy (non-hydrogen) atoms. The van der Waals surface area contributed by atoms with E-state index in [4.69, 9.17) is 14.2 Å². The summed E-state index contributed by atoms with van der Waals surface area (Å²) in [6.07, 6.45) is 0. The molecule has 1 heterocycles. The van der Waals surface area contributed by atoms with Gasteiger partial charge >= 0.3 is 0 Å². The number of hydrogen-bond acceptors (Lipinski definition) is 4. The van der Waals surface area contributed by atoms with Crippen LogP contribution in [0.1, 0.15) is 35.6 Å². The van der Waals surface area contributed by atoms with Gasteiger partial charge in [0.25, 0.3) is 5.91 Å². The molecule has 0 saturated heterocycles. The highest BCUT2D eigenvalue weighted by Gasteiger charge is 2.19. The number of hydrogen-bond donors (Lipinski definition) is 1. The maximum absolute atomic E-state index is 13.1. The molecule has 0 aliphatic carbocycles. The Morgan fingerprint density at radius 3 is 2.43 bits per heavy atom. The van der Waals surface area contributed by atoms with Gasteiger partial charge in [-0.1, -0.05) is 6.07 Å². The maximum Gasteiger partial charge on any atom is 0.257 e. The summed E-state index contributed by atoms with van der Waals surface area (Å²) in [5, 5.41) is 2.98. The molecular weight excluding hydrogens is 380 g/mol. The molecule has 2 aromatic carbocycles. The van der Waals surface area contributed by atoms with E-state index < -0.39 is 0 Å². The van der Waals surface area contributed by atoms with Crippen LogP contribution in [0.2, 0.25) is 0 Å². The highest BCUT2D eigenvalue weighted by atomic mass is 16.5. The molecule has 6 nitrogen and oxygen atoms in total. The summed E-state index contributed by atoms with van der Waals surface area (Å²) in [5.74, 6) is 1.85. The first kappa shape index (κ1) is 21.3. The Labute approximate surface area is 177 Å². The van der Waals surface area contributed by atoms with Crippen molar-refractivity contribution >= 4 is 11.6 Å². The van der Waals surface area contributed by atoms with Crippen LogP contribution in [0.15, 0.2) is 48.5 Å². The lowest BCUT2D eigenvalue weighted by atomic mass is 10.2. The van der Waals surface area contributed by atoms with Crippen molar-refractivity contribution in [2.24, 2.45) is 0 Å². The van der Waals surface area contributed by atoms with Gasteiger partial charge in [-0.2, -0.15) is 0 Å². The maximum atomic E-state index is 13.1. The SMILES string of the molecule is CCOc1ccc(OCC)c(NC(=O)c2cc(C)n(-c3cccc(OC)c3)c2C)c1. The first-order valence-corrected chi connectivity index (χ1v) is 10.0. The van der Waals surface area contributed by atoms with Crippen molar-refractivity contribution in [2.45, 2.75) is 27.7 Å². The lowest BCUT2D eigenvalue weighted by Crippen LogP contribution is -2.14. The smallest absolute Gasteiger partial charge is 0.257 e. The number of ether oxygens (including phenoxy) is 3. The zero-order valence-corrected chi connectivity index (χ0v) is 18.1. The van der Waals surface area contributed by atoms with Gasteiger partial charge in [-0.3, -0.25) is 4.79 Å². The van der Waals surface area contributed by atoms with Gasteiger partial charge in [0.2, 0.25) is 0 Å². The summed E-state index contributed by atoms with van der Waals surface area (Å²) in [5.41, 5.74) is 3.92. The van der Waals surface area contributed by atoms with Gasteiger partial charge in [0.05, 0.1) is 31.6 Å². The van der Waals surface area contributed by atoms with E-state index >= 15 is 0 Å². The predicted molar refractivity (Wildman–Crippen MR) is 119 cm³/mol. The molecule has 0 aliphatic rings. The van der Waals surface area contributed by atoms with Crippen LogP contribution < -0.4 is 19.5 Å². The summed E-state index contributed by atoms with van der Waals surface area (Å²) < 4.78 is 18.6. The minimum atomic E-state index is -0.202.